The molecular weight excluding hydrogens is 176 g/mol. The van der Waals surface area contributed by atoms with Crippen molar-refractivity contribution in [3.05, 3.63) is 0 Å². The summed E-state index contributed by atoms with van der Waals surface area (Å²) in [4.78, 5) is 4.80. The van der Waals surface area contributed by atoms with Crippen molar-refractivity contribution < 1.29 is 5.11 Å². The van der Waals surface area contributed by atoms with Crippen LogP contribution in [0.2, 0.25) is 0 Å². The number of rotatable bonds is 3. The molecule has 0 aromatic heterocycles. The van der Waals surface area contributed by atoms with Crippen molar-refractivity contribution >= 4 is 0 Å². The molecule has 3 nitrogen and oxygen atoms in total. The van der Waals surface area contributed by atoms with Gasteiger partial charge in [0, 0.05) is 38.1 Å². The maximum atomic E-state index is 9.63. The van der Waals surface area contributed by atoms with Gasteiger partial charge in [0.2, 0.25) is 0 Å². The molecule has 1 aliphatic heterocycles. The lowest BCUT2D eigenvalue weighted by molar-refractivity contribution is 0.0220. The number of piperazine rings is 1. The summed E-state index contributed by atoms with van der Waals surface area (Å²) in [5, 5.41) is 9.63. The molecule has 1 atom stereocenters. The Morgan fingerprint density at radius 2 is 1.71 bits per heavy atom. The quantitative estimate of drug-likeness (QED) is 0.724. The largest absolute Gasteiger partial charge is 0.393 e. The standard InChI is InChI=1S/C11H24N2O/c1-10(14)11(2,3)9-13-7-5-12(4)6-8-13/h10,14H,5-9H2,1-4H3. The second kappa shape index (κ2) is 4.60. The van der Waals surface area contributed by atoms with E-state index in [1.54, 1.807) is 0 Å². The van der Waals surface area contributed by atoms with E-state index >= 15 is 0 Å². The lowest BCUT2D eigenvalue weighted by Gasteiger charge is -2.38. The molecule has 0 amide bonds. The van der Waals surface area contributed by atoms with Crippen LogP contribution in [-0.4, -0.2) is 60.8 Å². The van der Waals surface area contributed by atoms with Crippen LogP contribution < -0.4 is 0 Å². The van der Waals surface area contributed by atoms with Gasteiger partial charge in [-0.1, -0.05) is 13.8 Å². The van der Waals surface area contributed by atoms with Gasteiger partial charge >= 0.3 is 0 Å². The first-order chi connectivity index (χ1) is 6.42. The van der Waals surface area contributed by atoms with Crippen LogP contribution >= 0.6 is 0 Å². The highest BCUT2D eigenvalue weighted by Gasteiger charge is 2.28. The second-order valence-corrected chi connectivity index (χ2v) is 5.24. The third-order valence-electron chi connectivity index (χ3n) is 3.36. The summed E-state index contributed by atoms with van der Waals surface area (Å²) in [6.07, 6.45) is -0.234. The van der Waals surface area contributed by atoms with E-state index in [9.17, 15) is 5.11 Å². The minimum Gasteiger partial charge on any atom is -0.393 e. The number of hydrogen-bond donors (Lipinski definition) is 1. The fraction of sp³-hybridized carbons (Fsp3) is 1.00. The number of aliphatic hydroxyl groups is 1. The van der Waals surface area contributed by atoms with Gasteiger partial charge in [-0.05, 0) is 14.0 Å². The SMILES string of the molecule is CC(O)C(C)(C)CN1CCN(C)CC1. The van der Waals surface area contributed by atoms with Crippen LogP contribution in [0.3, 0.4) is 0 Å². The molecule has 1 heterocycles. The molecule has 1 N–H and O–H groups in total. The maximum absolute atomic E-state index is 9.63. The fourth-order valence-electron chi connectivity index (χ4n) is 1.71. The molecule has 0 bridgehead atoms. The highest BCUT2D eigenvalue weighted by atomic mass is 16.3. The first kappa shape index (κ1) is 12.0. The van der Waals surface area contributed by atoms with Crippen molar-refractivity contribution in [1.29, 1.82) is 0 Å². The van der Waals surface area contributed by atoms with Gasteiger partial charge in [0.25, 0.3) is 0 Å². The Kier molecular flexibility index (Phi) is 3.93. The predicted molar refractivity (Wildman–Crippen MR) is 59.4 cm³/mol. The van der Waals surface area contributed by atoms with Crippen LogP contribution in [0.25, 0.3) is 0 Å². The van der Waals surface area contributed by atoms with Crippen LogP contribution in [0.4, 0.5) is 0 Å². The average molecular weight is 200 g/mol. The van der Waals surface area contributed by atoms with Gasteiger partial charge in [-0.3, -0.25) is 0 Å². The molecule has 0 saturated carbocycles. The van der Waals surface area contributed by atoms with E-state index in [1.165, 1.54) is 0 Å². The Labute approximate surface area is 87.7 Å². The molecule has 1 unspecified atom stereocenters. The van der Waals surface area contributed by atoms with Crippen molar-refractivity contribution in [1.82, 2.24) is 9.80 Å². The normalized spacial score (nSPS) is 23.8. The zero-order valence-corrected chi connectivity index (χ0v) is 9.95. The Morgan fingerprint density at radius 1 is 1.21 bits per heavy atom. The maximum Gasteiger partial charge on any atom is 0.0575 e. The molecule has 1 fully saturated rings. The van der Waals surface area contributed by atoms with E-state index in [4.69, 9.17) is 0 Å². The molecule has 0 radical (unpaired) electrons. The van der Waals surface area contributed by atoms with Crippen LogP contribution in [0, 0.1) is 5.41 Å². The molecule has 3 heteroatoms. The minimum atomic E-state index is -0.234. The summed E-state index contributed by atoms with van der Waals surface area (Å²) >= 11 is 0. The van der Waals surface area contributed by atoms with Gasteiger partial charge in [-0.25, -0.2) is 0 Å². The van der Waals surface area contributed by atoms with Crippen molar-refractivity contribution in [2.24, 2.45) is 5.41 Å². The molecule has 0 aliphatic carbocycles. The van der Waals surface area contributed by atoms with Gasteiger partial charge in [0.05, 0.1) is 6.10 Å². The van der Waals surface area contributed by atoms with Crippen LogP contribution in [0.1, 0.15) is 20.8 Å². The van der Waals surface area contributed by atoms with E-state index in [-0.39, 0.29) is 11.5 Å². The first-order valence-corrected chi connectivity index (χ1v) is 5.51. The molecule has 84 valence electrons. The summed E-state index contributed by atoms with van der Waals surface area (Å²) in [7, 11) is 2.16. The third-order valence-corrected chi connectivity index (χ3v) is 3.36. The molecule has 1 saturated heterocycles. The van der Waals surface area contributed by atoms with Crippen molar-refractivity contribution in [3.63, 3.8) is 0 Å². The summed E-state index contributed by atoms with van der Waals surface area (Å²) in [5.74, 6) is 0. The van der Waals surface area contributed by atoms with Crippen molar-refractivity contribution in [2.75, 3.05) is 39.8 Å². The number of nitrogens with zero attached hydrogens (tertiary/aromatic N) is 2. The molecule has 0 spiro atoms. The average Bonchev–Trinajstić information content (AvgIpc) is 2.08. The third kappa shape index (κ3) is 3.23. The van der Waals surface area contributed by atoms with Gasteiger partial charge in [-0.2, -0.15) is 0 Å². The number of hydrogen-bond acceptors (Lipinski definition) is 3. The lowest BCUT2D eigenvalue weighted by Crippen LogP contribution is -2.49. The molecular formula is C11H24N2O. The topological polar surface area (TPSA) is 26.7 Å². The summed E-state index contributed by atoms with van der Waals surface area (Å²) in [6.45, 7) is 11.7. The number of aliphatic hydroxyl groups excluding tert-OH is 1. The Hall–Kier alpha value is -0.120. The second-order valence-electron chi connectivity index (χ2n) is 5.24. The molecule has 14 heavy (non-hydrogen) atoms. The predicted octanol–water partition coefficient (Wildman–Crippen LogP) is 0.641. The van der Waals surface area contributed by atoms with Crippen LogP contribution in [0.15, 0.2) is 0 Å². The molecule has 0 aromatic carbocycles. The van der Waals surface area contributed by atoms with Crippen LogP contribution in [0.5, 0.6) is 0 Å². The van der Waals surface area contributed by atoms with Crippen molar-refractivity contribution in [2.45, 2.75) is 26.9 Å². The van der Waals surface area contributed by atoms with E-state index in [0.717, 1.165) is 32.7 Å². The fourth-order valence-corrected chi connectivity index (χ4v) is 1.71. The summed E-state index contributed by atoms with van der Waals surface area (Å²) in [5.41, 5.74) is 0.00983. The number of likely N-dealkylation sites (N-methyl/N-ethyl adjacent to an activating group) is 1. The molecule has 0 aromatic rings. The minimum absolute atomic E-state index is 0.00983. The van der Waals surface area contributed by atoms with E-state index in [0.29, 0.717) is 0 Å². The Morgan fingerprint density at radius 3 is 2.14 bits per heavy atom. The van der Waals surface area contributed by atoms with E-state index < -0.39 is 0 Å². The van der Waals surface area contributed by atoms with E-state index in [2.05, 4.69) is 30.7 Å². The monoisotopic (exact) mass is 200 g/mol. The highest BCUT2D eigenvalue weighted by Crippen LogP contribution is 2.22. The molecule has 1 rings (SSSR count). The zero-order valence-electron chi connectivity index (χ0n) is 9.95. The first-order valence-electron chi connectivity index (χ1n) is 5.51. The Balaban J connectivity index is 2.37. The van der Waals surface area contributed by atoms with Gasteiger partial charge in [0.1, 0.15) is 0 Å². The summed E-state index contributed by atoms with van der Waals surface area (Å²) < 4.78 is 0. The molecule has 1 aliphatic rings. The van der Waals surface area contributed by atoms with Gasteiger partial charge < -0.3 is 14.9 Å². The Bertz CT molecular complexity index is 172. The zero-order chi connectivity index (χ0) is 10.8. The highest BCUT2D eigenvalue weighted by molar-refractivity contribution is 4.81. The van der Waals surface area contributed by atoms with Crippen molar-refractivity contribution in [3.8, 4) is 0 Å². The summed E-state index contributed by atoms with van der Waals surface area (Å²) in [6, 6.07) is 0. The van der Waals surface area contributed by atoms with Crippen LogP contribution in [-0.2, 0) is 0 Å². The van der Waals surface area contributed by atoms with E-state index in [1.807, 2.05) is 6.92 Å². The lowest BCUT2D eigenvalue weighted by atomic mass is 9.87. The smallest absolute Gasteiger partial charge is 0.0575 e. The van der Waals surface area contributed by atoms with Gasteiger partial charge in [0.15, 0.2) is 0 Å². The van der Waals surface area contributed by atoms with Gasteiger partial charge in [-0.15, -0.1) is 0 Å².